The maximum absolute atomic E-state index is 13.6. The van der Waals surface area contributed by atoms with Gasteiger partial charge in [0, 0.05) is 56.0 Å². The number of anilines is 1. The molecule has 1 aliphatic rings. The zero-order chi connectivity index (χ0) is 24.4. The molecule has 1 amide bonds. The Morgan fingerprint density at radius 3 is 2.29 bits per heavy atom. The number of hydrogen-bond donors (Lipinski definition) is 0. The maximum Gasteiger partial charge on any atom is 0.416 e. The van der Waals surface area contributed by atoms with E-state index in [2.05, 4.69) is 10.1 Å². The van der Waals surface area contributed by atoms with E-state index in [1.54, 1.807) is 40.3 Å². The van der Waals surface area contributed by atoms with Crippen molar-refractivity contribution in [3.63, 3.8) is 0 Å². The molecule has 178 valence electrons. The number of rotatable bonds is 4. The first kappa shape index (κ1) is 22.6. The Hall–Kier alpha value is -4.14. The molecule has 1 saturated heterocycles. The van der Waals surface area contributed by atoms with Crippen molar-refractivity contribution in [3.8, 4) is 16.9 Å². The Balaban J connectivity index is 1.38. The van der Waals surface area contributed by atoms with E-state index in [-0.39, 0.29) is 5.91 Å². The van der Waals surface area contributed by atoms with E-state index in [9.17, 15) is 18.0 Å². The number of carbonyl (C=O) groups excluding carboxylic acids is 1. The van der Waals surface area contributed by atoms with E-state index < -0.39 is 11.7 Å². The topological polar surface area (TPSA) is 54.3 Å². The van der Waals surface area contributed by atoms with Gasteiger partial charge in [-0.3, -0.25) is 9.78 Å². The van der Waals surface area contributed by atoms with Gasteiger partial charge in [0.25, 0.3) is 5.91 Å². The van der Waals surface area contributed by atoms with Crippen LogP contribution in [0.2, 0.25) is 0 Å². The quantitative estimate of drug-likeness (QED) is 0.419. The van der Waals surface area contributed by atoms with Crippen molar-refractivity contribution < 1.29 is 18.0 Å². The molecule has 2 aromatic heterocycles. The van der Waals surface area contributed by atoms with E-state index in [1.165, 1.54) is 6.07 Å². The van der Waals surface area contributed by atoms with Crippen molar-refractivity contribution >= 4 is 11.6 Å². The monoisotopic (exact) mass is 477 g/mol. The molecule has 0 spiro atoms. The smallest absolute Gasteiger partial charge is 0.368 e. The van der Waals surface area contributed by atoms with Crippen LogP contribution in [0.4, 0.5) is 18.9 Å². The van der Waals surface area contributed by atoms with Gasteiger partial charge in [-0.25, -0.2) is 4.68 Å². The molecule has 35 heavy (non-hydrogen) atoms. The van der Waals surface area contributed by atoms with Gasteiger partial charge >= 0.3 is 6.18 Å². The van der Waals surface area contributed by atoms with E-state index in [1.807, 2.05) is 41.3 Å². The maximum atomic E-state index is 13.6. The normalized spacial score (nSPS) is 14.3. The van der Waals surface area contributed by atoms with Crippen molar-refractivity contribution in [1.29, 1.82) is 0 Å². The lowest BCUT2D eigenvalue weighted by molar-refractivity contribution is -0.137. The minimum absolute atomic E-state index is 0.172. The van der Waals surface area contributed by atoms with Crippen molar-refractivity contribution in [3.05, 3.63) is 96.4 Å². The van der Waals surface area contributed by atoms with Crippen LogP contribution in [0.1, 0.15) is 15.9 Å². The molecule has 2 aromatic carbocycles. The second-order valence-electron chi connectivity index (χ2n) is 8.24. The van der Waals surface area contributed by atoms with Gasteiger partial charge in [0.2, 0.25) is 0 Å². The van der Waals surface area contributed by atoms with E-state index in [4.69, 9.17) is 0 Å². The van der Waals surface area contributed by atoms with Crippen LogP contribution in [-0.4, -0.2) is 51.8 Å². The molecule has 0 aliphatic carbocycles. The van der Waals surface area contributed by atoms with Gasteiger partial charge in [-0.1, -0.05) is 24.3 Å². The minimum atomic E-state index is -4.39. The third kappa shape index (κ3) is 4.75. The summed E-state index contributed by atoms with van der Waals surface area (Å²) in [6, 6.07) is 18.5. The second-order valence-corrected chi connectivity index (χ2v) is 8.24. The number of pyridine rings is 1. The number of halogens is 3. The summed E-state index contributed by atoms with van der Waals surface area (Å²) < 4.78 is 41.0. The lowest BCUT2D eigenvalue weighted by Crippen LogP contribution is -2.48. The molecule has 3 heterocycles. The average Bonchev–Trinajstić information content (AvgIpc) is 3.35. The van der Waals surface area contributed by atoms with Crippen LogP contribution in [0.25, 0.3) is 16.9 Å². The summed E-state index contributed by atoms with van der Waals surface area (Å²) in [5.41, 5.74) is 2.36. The number of hydrogen-bond acceptors (Lipinski definition) is 4. The number of alkyl halides is 3. The van der Waals surface area contributed by atoms with Gasteiger partial charge in [-0.15, -0.1) is 0 Å². The van der Waals surface area contributed by atoms with Gasteiger partial charge in [-0.2, -0.15) is 18.3 Å². The summed E-state index contributed by atoms with van der Waals surface area (Å²) in [5.74, 6) is -0.172. The van der Waals surface area contributed by atoms with E-state index in [0.29, 0.717) is 43.1 Å². The van der Waals surface area contributed by atoms with Crippen LogP contribution in [0, 0.1) is 0 Å². The van der Waals surface area contributed by atoms with Crippen molar-refractivity contribution in [2.24, 2.45) is 0 Å². The summed E-state index contributed by atoms with van der Waals surface area (Å²) in [6.45, 7) is 1.64. The number of para-hydroxylation sites is 1. The van der Waals surface area contributed by atoms with Crippen molar-refractivity contribution in [2.45, 2.75) is 6.18 Å². The summed E-state index contributed by atoms with van der Waals surface area (Å²) >= 11 is 0. The third-order valence-corrected chi connectivity index (χ3v) is 6.01. The Bertz CT molecular complexity index is 1310. The third-order valence-electron chi connectivity index (χ3n) is 6.01. The first-order valence-corrected chi connectivity index (χ1v) is 11.2. The van der Waals surface area contributed by atoms with Crippen molar-refractivity contribution in [1.82, 2.24) is 19.7 Å². The molecule has 6 nitrogen and oxygen atoms in total. The van der Waals surface area contributed by atoms with Crippen LogP contribution in [-0.2, 0) is 6.18 Å². The molecule has 0 N–H and O–H groups in total. The number of piperazine rings is 1. The largest absolute Gasteiger partial charge is 0.416 e. The number of aromatic nitrogens is 3. The molecule has 0 atom stereocenters. The predicted octanol–water partition coefficient (Wildman–Crippen LogP) is 4.92. The summed E-state index contributed by atoms with van der Waals surface area (Å²) in [4.78, 5) is 21.3. The molecular weight excluding hydrogens is 455 g/mol. The average molecular weight is 477 g/mol. The fraction of sp³-hybridized carbons (Fsp3) is 0.192. The Kier molecular flexibility index (Phi) is 5.98. The highest BCUT2D eigenvalue weighted by Crippen LogP contribution is 2.32. The van der Waals surface area contributed by atoms with Crippen LogP contribution < -0.4 is 4.90 Å². The van der Waals surface area contributed by atoms with Crippen molar-refractivity contribution in [2.75, 3.05) is 31.1 Å². The summed E-state index contributed by atoms with van der Waals surface area (Å²) in [5, 5.41) is 4.67. The number of carbonyl (C=O) groups is 1. The Morgan fingerprint density at radius 1 is 0.857 bits per heavy atom. The van der Waals surface area contributed by atoms with Crippen LogP contribution in [0.5, 0.6) is 0 Å². The lowest BCUT2D eigenvalue weighted by Gasteiger charge is -2.36. The molecule has 9 heteroatoms. The molecule has 4 aromatic rings. The van der Waals surface area contributed by atoms with Gasteiger partial charge in [0.15, 0.2) is 0 Å². The molecule has 1 fully saturated rings. The number of amides is 1. The summed E-state index contributed by atoms with van der Waals surface area (Å²) in [6.07, 6.45) is 0.654. The minimum Gasteiger partial charge on any atom is -0.368 e. The van der Waals surface area contributed by atoms with Gasteiger partial charge < -0.3 is 9.80 Å². The van der Waals surface area contributed by atoms with E-state index in [0.717, 1.165) is 23.4 Å². The molecule has 0 bridgehead atoms. The summed E-state index contributed by atoms with van der Waals surface area (Å²) in [7, 11) is 0. The molecule has 5 rings (SSSR count). The highest BCUT2D eigenvalue weighted by Gasteiger charge is 2.32. The first-order chi connectivity index (χ1) is 16.9. The molecule has 0 unspecified atom stereocenters. The predicted molar refractivity (Wildman–Crippen MR) is 126 cm³/mol. The molecule has 0 saturated carbocycles. The Labute approximate surface area is 200 Å². The SMILES string of the molecule is O=C(c1cn(-c2ccccc2)nc1-c1cccnc1)N1CCN(c2cccc(C(F)(F)F)c2)CC1. The zero-order valence-corrected chi connectivity index (χ0v) is 18.7. The van der Waals surface area contributed by atoms with Crippen LogP contribution in [0.15, 0.2) is 85.3 Å². The van der Waals surface area contributed by atoms with Gasteiger partial charge in [0.05, 0.1) is 16.8 Å². The zero-order valence-electron chi connectivity index (χ0n) is 18.7. The van der Waals surface area contributed by atoms with E-state index >= 15 is 0 Å². The van der Waals surface area contributed by atoms with Gasteiger partial charge in [-0.05, 0) is 42.5 Å². The highest BCUT2D eigenvalue weighted by molar-refractivity contribution is 6.00. The second kappa shape index (κ2) is 9.25. The van der Waals surface area contributed by atoms with Crippen LogP contribution >= 0.6 is 0 Å². The molecule has 1 aliphatic heterocycles. The van der Waals surface area contributed by atoms with Gasteiger partial charge in [0.1, 0.15) is 5.69 Å². The highest BCUT2D eigenvalue weighted by atomic mass is 19.4. The Morgan fingerprint density at radius 2 is 1.60 bits per heavy atom. The van der Waals surface area contributed by atoms with Crippen LogP contribution in [0.3, 0.4) is 0 Å². The fourth-order valence-electron chi connectivity index (χ4n) is 4.18. The lowest BCUT2D eigenvalue weighted by atomic mass is 10.1. The molecular formula is C26H22F3N5O. The number of nitrogens with zero attached hydrogens (tertiary/aromatic N) is 5. The fourth-order valence-corrected chi connectivity index (χ4v) is 4.18. The standard InChI is InChI=1S/C26H22F3N5O/c27-26(28,29)20-7-4-10-22(16-20)32-12-14-33(15-13-32)25(35)23-18-34(21-8-2-1-3-9-21)31-24(23)19-6-5-11-30-17-19/h1-11,16-18H,12-15H2. The number of benzene rings is 2. The first-order valence-electron chi connectivity index (χ1n) is 11.2. The molecule has 0 radical (unpaired) electrons.